The van der Waals surface area contributed by atoms with E-state index in [2.05, 4.69) is 31.3 Å². The summed E-state index contributed by atoms with van der Waals surface area (Å²) >= 11 is 1.85. The number of hydrogen-bond donors (Lipinski definition) is 1. The Labute approximate surface area is 83.9 Å². The Morgan fingerprint density at radius 1 is 1.54 bits per heavy atom. The van der Waals surface area contributed by atoms with Gasteiger partial charge in [-0.2, -0.15) is 0 Å². The molecule has 0 unspecified atom stereocenters. The van der Waals surface area contributed by atoms with Crippen LogP contribution in [0.2, 0.25) is 0 Å². The van der Waals surface area contributed by atoms with Crippen LogP contribution >= 0.6 is 11.3 Å². The molecule has 1 aromatic rings. The average molecular weight is 199 g/mol. The smallest absolute Gasteiger partial charge is 0.0587 e. The molecule has 1 heterocycles. The van der Waals surface area contributed by atoms with Gasteiger partial charge in [0, 0.05) is 29.5 Å². The Hall–Kier alpha value is -0.380. The molecule has 1 rings (SSSR count). The highest BCUT2D eigenvalue weighted by Gasteiger charge is 2.05. The highest BCUT2D eigenvalue weighted by Crippen LogP contribution is 2.21. The van der Waals surface area contributed by atoms with E-state index < -0.39 is 0 Å². The van der Waals surface area contributed by atoms with E-state index in [-0.39, 0.29) is 0 Å². The van der Waals surface area contributed by atoms with Crippen LogP contribution in [0.15, 0.2) is 12.1 Å². The van der Waals surface area contributed by atoms with E-state index in [0.717, 1.165) is 13.2 Å². The molecule has 3 heteroatoms. The molecular formula is C10H17NOS. The predicted molar refractivity (Wildman–Crippen MR) is 57.3 cm³/mol. The Kier molecular flexibility index (Phi) is 4.42. The lowest BCUT2D eigenvalue weighted by Gasteiger charge is -2.10. The Bertz CT molecular complexity index is 247. The molecule has 0 aliphatic heterocycles. The zero-order valence-corrected chi connectivity index (χ0v) is 9.28. The van der Waals surface area contributed by atoms with Crippen molar-refractivity contribution in [1.82, 2.24) is 5.32 Å². The molecule has 0 bridgehead atoms. The summed E-state index contributed by atoms with van der Waals surface area (Å²) in [6, 6.07) is 4.78. The van der Waals surface area contributed by atoms with E-state index in [4.69, 9.17) is 4.74 Å². The molecule has 74 valence electrons. The summed E-state index contributed by atoms with van der Waals surface area (Å²) in [7, 11) is 1.72. The van der Waals surface area contributed by atoms with Crippen molar-refractivity contribution >= 4 is 11.3 Å². The van der Waals surface area contributed by atoms with E-state index in [1.807, 2.05) is 11.3 Å². The molecule has 0 saturated carbocycles. The molecule has 0 fully saturated rings. The SMILES string of the molecule is COCCN[C@@H](C)c1ccc(C)s1. The van der Waals surface area contributed by atoms with Gasteiger partial charge in [-0.15, -0.1) is 11.3 Å². The largest absolute Gasteiger partial charge is 0.383 e. The van der Waals surface area contributed by atoms with Crippen LogP contribution in [0.5, 0.6) is 0 Å². The van der Waals surface area contributed by atoms with Gasteiger partial charge in [-0.3, -0.25) is 0 Å². The van der Waals surface area contributed by atoms with E-state index in [9.17, 15) is 0 Å². The number of aryl methyl sites for hydroxylation is 1. The topological polar surface area (TPSA) is 21.3 Å². The summed E-state index contributed by atoms with van der Waals surface area (Å²) in [5.74, 6) is 0. The second kappa shape index (κ2) is 5.37. The van der Waals surface area contributed by atoms with Gasteiger partial charge in [-0.25, -0.2) is 0 Å². The van der Waals surface area contributed by atoms with Crippen LogP contribution in [0.4, 0.5) is 0 Å². The lowest BCUT2D eigenvalue weighted by molar-refractivity contribution is 0.196. The Morgan fingerprint density at radius 3 is 2.85 bits per heavy atom. The molecule has 13 heavy (non-hydrogen) atoms. The fraction of sp³-hybridized carbons (Fsp3) is 0.600. The number of thiophene rings is 1. The fourth-order valence-electron chi connectivity index (χ4n) is 1.16. The molecule has 0 amide bonds. The van der Waals surface area contributed by atoms with Crippen molar-refractivity contribution in [2.45, 2.75) is 19.9 Å². The second-order valence-corrected chi connectivity index (χ2v) is 4.44. The number of nitrogens with one attached hydrogen (secondary N) is 1. The van der Waals surface area contributed by atoms with Gasteiger partial charge in [0.15, 0.2) is 0 Å². The number of methoxy groups -OCH3 is 1. The highest BCUT2D eigenvalue weighted by molar-refractivity contribution is 7.12. The van der Waals surface area contributed by atoms with Crippen LogP contribution in [0.25, 0.3) is 0 Å². The highest BCUT2D eigenvalue weighted by atomic mass is 32.1. The summed E-state index contributed by atoms with van der Waals surface area (Å²) in [6.07, 6.45) is 0. The van der Waals surface area contributed by atoms with Crippen LogP contribution in [-0.2, 0) is 4.74 Å². The lowest BCUT2D eigenvalue weighted by Crippen LogP contribution is -2.22. The van der Waals surface area contributed by atoms with Crippen molar-refractivity contribution in [1.29, 1.82) is 0 Å². The van der Waals surface area contributed by atoms with E-state index in [0.29, 0.717) is 6.04 Å². The first-order valence-electron chi connectivity index (χ1n) is 4.52. The van der Waals surface area contributed by atoms with Crippen molar-refractivity contribution in [3.05, 3.63) is 21.9 Å². The van der Waals surface area contributed by atoms with Crippen molar-refractivity contribution in [3.63, 3.8) is 0 Å². The summed E-state index contributed by atoms with van der Waals surface area (Å²) in [6.45, 7) is 6.00. The molecular weight excluding hydrogens is 182 g/mol. The van der Waals surface area contributed by atoms with Gasteiger partial charge in [-0.05, 0) is 26.0 Å². The molecule has 1 aromatic heterocycles. The Morgan fingerprint density at radius 2 is 2.31 bits per heavy atom. The molecule has 0 aliphatic carbocycles. The first-order valence-corrected chi connectivity index (χ1v) is 5.34. The standard InChI is InChI=1S/C10H17NOS/c1-8-4-5-10(13-8)9(2)11-6-7-12-3/h4-5,9,11H,6-7H2,1-3H3/t9-/m0/s1. The lowest BCUT2D eigenvalue weighted by atomic mass is 10.3. The molecule has 1 atom stereocenters. The maximum Gasteiger partial charge on any atom is 0.0587 e. The summed E-state index contributed by atoms with van der Waals surface area (Å²) < 4.78 is 4.97. The summed E-state index contributed by atoms with van der Waals surface area (Å²) in [5, 5.41) is 3.40. The van der Waals surface area contributed by atoms with Crippen molar-refractivity contribution in [3.8, 4) is 0 Å². The monoisotopic (exact) mass is 199 g/mol. The maximum absolute atomic E-state index is 4.97. The second-order valence-electron chi connectivity index (χ2n) is 3.12. The van der Waals surface area contributed by atoms with Crippen LogP contribution in [-0.4, -0.2) is 20.3 Å². The minimum Gasteiger partial charge on any atom is -0.383 e. The molecule has 0 radical (unpaired) electrons. The third-order valence-corrected chi connectivity index (χ3v) is 3.13. The van der Waals surface area contributed by atoms with Crippen molar-refractivity contribution in [2.75, 3.05) is 20.3 Å². The predicted octanol–water partition coefficient (Wildman–Crippen LogP) is 2.35. The van der Waals surface area contributed by atoms with Gasteiger partial charge in [0.25, 0.3) is 0 Å². The third-order valence-electron chi connectivity index (χ3n) is 1.94. The maximum atomic E-state index is 4.97. The van der Waals surface area contributed by atoms with Crippen LogP contribution < -0.4 is 5.32 Å². The van der Waals surface area contributed by atoms with E-state index >= 15 is 0 Å². The van der Waals surface area contributed by atoms with Crippen molar-refractivity contribution < 1.29 is 4.74 Å². The first-order chi connectivity index (χ1) is 6.24. The van der Waals surface area contributed by atoms with Gasteiger partial charge in [-0.1, -0.05) is 0 Å². The van der Waals surface area contributed by atoms with Gasteiger partial charge in [0.05, 0.1) is 6.61 Å². The van der Waals surface area contributed by atoms with Crippen LogP contribution in [0.1, 0.15) is 22.7 Å². The van der Waals surface area contributed by atoms with Gasteiger partial charge >= 0.3 is 0 Å². The fourth-order valence-corrected chi connectivity index (χ4v) is 2.07. The molecule has 0 spiro atoms. The zero-order valence-electron chi connectivity index (χ0n) is 8.46. The quantitative estimate of drug-likeness (QED) is 0.735. The number of ether oxygens (including phenoxy) is 1. The summed E-state index contributed by atoms with van der Waals surface area (Å²) in [4.78, 5) is 2.77. The molecule has 1 N–H and O–H groups in total. The third kappa shape index (κ3) is 3.46. The Balaban J connectivity index is 2.35. The molecule has 0 saturated heterocycles. The van der Waals surface area contributed by atoms with Gasteiger partial charge in [0.2, 0.25) is 0 Å². The number of hydrogen-bond acceptors (Lipinski definition) is 3. The van der Waals surface area contributed by atoms with Crippen LogP contribution in [0.3, 0.4) is 0 Å². The molecule has 0 aromatic carbocycles. The first kappa shape index (κ1) is 10.7. The molecule has 0 aliphatic rings. The minimum atomic E-state index is 0.439. The number of rotatable bonds is 5. The zero-order chi connectivity index (χ0) is 9.68. The van der Waals surface area contributed by atoms with E-state index in [1.54, 1.807) is 7.11 Å². The van der Waals surface area contributed by atoms with Gasteiger partial charge in [0.1, 0.15) is 0 Å². The van der Waals surface area contributed by atoms with Gasteiger partial charge < -0.3 is 10.1 Å². The van der Waals surface area contributed by atoms with Crippen molar-refractivity contribution in [2.24, 2.45) is 0 Å². The molecule has 2 nitrogen and oxygen atoms in total. The normalized spacial score (nSPS) is 13.2. The van der Waals surface area contributed by atoms with E-state index in [1.165, 1.54) is 9.75 Å². The van der Waals surface area contributed by atoms with Crippen LogP contribution in [0, 0.1) is 6.92 Å². The average Bonchev–Trinajstić information content (AvgIpc) is 2.52. The summed E-state index contributed by atoms with van der Waals surface area (Å²) in [5.41, 5.74) is 0. The minimum absolute atomic E-state index is 0.439.